The first kappa shape index (κ1) is 13.0. The summed E-state index contributed by atoms with van der Waals surface area (Å²) < 4.78 is 5.29. The van der Waals surface area contributed by atoms with Gasteiger partial charge in [0.25, 0.3) is 0 Å². The average Bonchev–Trinajstić information content (AvgIpc) is 2.31. The summed E-state index contributed by atoms with van der Waals surface area (Å²) in [4.78, 5) is 0. The molecule has 0 bridgehead atoms. The van der Waals surface area contributed by atoms with Gasteiger partial charge in [0.05, 0.1) is 7.11 Å². The maximum atomic E-state index is 9.22. The molecule has 2 heteroatoms. The number of aliphatic hydroxyl groups is 1. The fraction of sp³-hybridized carbons (Fsp3) is 0.571. The van der Waals surface area contributed by atoms with Gasteiger partial charge in [0.15, 0.2) is 0 Å². The van der Waals surface area contributed by atoms with Crippen molar-refractivity contribution < 1.29 is 9.84 Å². The number of hydrogen-bond acceptors (Lipinski definition) is 2. The van der Waals surface area contributed by atoms with Gasteiger partial charge in [-0.15, -0.1) is 0 Å². The van der Waals surface area contributed by atoms with Gasteiger partial charge in [0.1, 0.15) is 5.75 Å². The van der Waals surface area contributed by atoms with Crippen molar-refractivity contribution in [2.24, 2.45) is 5.92 Å². The molecule has 0 aromatic heterocycles. The molecule has 1 aromatic carbocycles. The van der Waals surface area contributed by atoms with Gasteiger partial charge in [-0.25, -0.2) is 0 Å². The first-order valence-corrected chi connectivity index (χ1v) is 5.87. The predicted octanol–water partition coefficient (Wildman–Crippen LogP) is 2.87. The zero-order valence-electron chi connectivity index (χ0n) is 10.7. The molecule has 1 rings (SSSR count). The van der Waals surface area contributed by atoms with Crippen LogP contribution in [0.1, 0.15) is 30.0 Å². The molecule has 0 amide bonds. The summed E-state index contributed by atoms with van der Waals surface area (Å²) in [6, 6.07) is 4.13. The van der Waals surface area contributed by atoms with Crippen LogP contribution in [0.4, 0.5) is 0 Å². The van der Waals surface area contributed by atoms with Gasteiger partial charge >= 0.3 is 0 Å². The first-order valence-electron chi connectivity index (χ1n) is 5.87. The maximum Gasteiger partial charge on any atom is 0.122 e. The van der Waals surface area contributed by atoms with Crippen molar-refractivity contribution in [1.82, 2.24) is 0 Å². The molecule has 0 radical (unpaired) electrons. The van der Waals surface area contributed by atoms with E-state index in [9.17, 15) is 5.11 Å². The Hall–Kier alpha value is -1.02. The van der Waals surface area contributed by atoms with Gasteiger partial charge in [0, 0.05) is 6.61 Å². The maximum absolute atomic E-state index is 9.22. The molecule has 0 saturated heterocycles. The smallest absolute Gasteiger partial charge is 0.122 e. The van der Waals surface area contributed by atoms with Crippen molar-refractivity contribution in [2.45, 2.75) is 33.6 Å². The van der Waals surface area contributed by atoms with E-state index in [1.807, 2.05) is 6.07 Å². The monoisotopic (exact) mass is 222 g/mol. The predicted molar refractivity (Wildman–Crippen MR) is 67.0 cm³/mol. The number of methoxy groups -OCH3 is 1. The van der Waals surface area contributed by atoms with E-state index < -0.39 is 0 Å². The molecule has 1 aromatic rings. The van der Waals surface area contributed by atoms with E-state index in [0.29, 0.717) is 5.92 Å². The van der Waals surface area contributed by atoms with Crippen LogP contribution in [0.2, 0.25) is 0 Å². The van der Waals surface area contributed by atoms with Crippen LogP contribution in [0, 0.1) is 19.8 Å². The molecule has 0 aliphatic rings. The van der Waals surface area contributed by atoms with E-state index in [4.69, 9.17) is 4.74 Å². The summed E-state index contributed by atoms with van der Waals surface area (Å²) in [5.74, 6) is 1.31. The Morgan fingerprint density at radius 3 is 2.44 bits per heavy atom. The SMILES string of the molecule is CCC(CO)Cc1ccc(OC)c(C)c1C. The fourth-order valence-electron chi connectivity index (χ4n) is 1.94. The molecule has 0 fully saturated rings. The Morgan fingerprint density at radius 2 is 1.94 bits per heavy atom. The van der Waals surface area contributed by atoms with Crippen LogP contribution in [0.15, 0.2) is 12.1 Å². The molecular formula is C14H22O2. The highest BCUT2D eigenvalue weighted by Gasteiger charge is 2.11. The largest absolute Gasteiger partial charge is 0.496 e. The first-order chi connectivity index (χ1) is 7.63. The topological polar surface area (TPSA) is 29.5 Å². The molecule has 0 heterocycles. The second-order valence-corrected chi connectivity index (χ2v) is 4.34. The third-order valence-corrected chi connectivity index (χ3v) is 3.41. The Balaban J connectivity index is 2.94. The highest BCUT2D eigenvalue weighted by Crippen LogP contribution is 2.26. The lowest BCUT2D eigenvalue weighted by atomic mass is 9.92. The second kappa shape index (κ2) is 5.90. The number of aliphatic hydroxyl groups excluding tert-OH is 1. The summed E-state index contributed by atoms with van der Waals surface area (Å²) in [5, 5.41) is 9.22. The van der Waals surface area contributed by atoms with E-state index in [1.54, 1.807) is 7.11 Å². The normalized spacial score (nSPS) is 12.6. The number of ether oxygens (including phenoxy) is 1. The zero-order chi connectivity index (χ0) is 12.1. The number of hydrogen-bond donors (Lipinski definition) is 1. The van der Waals surface area contributed by atoms with Gasteiger partial charge in [-0.3, -0.25) is 0 Å². The van der Waals surface area contributed by atoms with Crippen molar-refractivity contribution in [3.63, 3.8) is 0 Å². The summed E-state index contributed by atoms with van der Waals surface area (Å²) in [6.45, 7) is 6.59. The van der Waals surface area contributed by atoms with Crippen LogP contribution in [-0.4, -0.2) is 18.8 Å². The molecule has 2 nitrogen and oxygen atoms in total. The molecule has 0 saturated carbocycles. The van der Waals surface area contributed by atoms with Gasteiger partial charge in [-0.2, -0.15) is 0 Å². The molecule has 1 N–H and O–H groups in total. The summed E-state index contributed by atoms with van der Waals surface area (Å²) in [5.41, 5.74) is 3.80. The Labute approximate surface area is 98.3 Å². The van der Waals surface area contributed by atoms with Gasteiger partial charge in [-0.1, -0.05) is 19.4 Å². The highest BCUT2D eigenvalue weighted by molar-refractivity contribution is 5.43. The highest BCUT2D eigenvalue weighted by atomic mass is 16.5. The minimum atomic E-state index is 0.265. The fourth-order valence-corrected chi connectivity index (χ4v) is 1.94. The van der Waals surface area contributed by atoms with Crippen LogP contribution in [0.3, 0.4) is 0 Å². The van der Waals surface area contributed by atoms with E-state index in [2.05, 4.69) is 26.8 Å². The minimum absolute atomic E-state index is 0.265. The van der Waals surface area contributed by atoms with E-state index in [0.717, 1.165) is 18.6 Å². The summed E-state index contributed by atoms with van der Waals surface area (Å²) in [6.07, 6.45) is 1.96. The second-order valence-electron chi connectivity index (χ2n) is 4.34. The molecule has 0 spiro atoms. The minimum Gasteiger partial charge on any atom is -0.496 e. The quantitative estimate of drug-likeness (QED) is 0.830. The Kier molecular flexibility index (Phi) is 4.81. The van der Waals surface area contributed by atoms with E-state index >= 15 is 0 Å². The van der Waals surface area contributed by atoms with Crippen molar-refractivity contribution in [3.05, 3.63) is 28.8 Å². The third-order valence-electron chi connectivity index (χ3n) is 3.41. The van der Waals surface area contributed by atoms with Crippen LogP contribution in [0.5, 0.6) is 5.75 Å². The zero-order valence-corrected chi connectivity index (χ0v) is 10.7. The molecule has 0 aliphatic carbocycles. The van der Waals surface area contributed by atoms with Crippen LogP contribution < -0.4 is 4.74 Å². The average molecular weight is 222 g/mol. The van der Waals surface area contributed by atoms with Crippen molar-refractivity contribution in [3.8, 4) is 5.75 Å². The van der Waals surface area contributed by atoms with E-state index in [-0.39, 0.29) is 6.61 Å². The Bertz CT molecular complexity index is 341. The third kappa shape index (κ3) is 2.76. The van der Waals surface area contributed by atoms with Crippen molar-refractivity contribution in [2.75, 3.05) is 13.7 Å². The number of benzene rings is 1. The molecule has 0 aliphatic heterocycles. The molecular weight excluding hydrogens is 200 g/mol. The van der Waals surface area contributed by atoms with Gasteiger partial charge < -0.3 is 9.84 Å². The van der Waals surface area contributed by atoms with Gasteiger partial charge in [-0.05, 0) is 48.9 Å². The lowest BCUT2D eigenvalue weighted by molar-refractivity contribution is 0.222. The molecule has 16 heavy (non-hydrogen) atoms. The van der Waals surface area contributed by atoms with Crippen LogP contribution in [0.25, 0.3) is 0 Å². The summed E-state index contributed by atoms with van der Waals surface area (Å²) >= 11 is 0. The molecule has 90 valence electrons. The Morgan fingerprint density at radius 1 is 1.25 bits per heavy atom. The standard InChI is InChI=1S/C14H22O2/c1-5-12(9-15)8-13-6-7-14(16-4)11(3)10(13)2/h6-7,12,15H,5,8-9H2,1-4H3. The van der Waals surface area contributed by atoms with Crippen molar-refractivity contribution in [1.29, 1.82) is 0 Å². The summed E-state index contributed by atoms with van der Waals surface area (Å²) in [7, 11) is 1.70. The van der Waals surface area contributed by atoms with Crippen LogP contribution >= 0.6 is 0 Å². The van der Waals surface area contributed by atoms with E-state index in [1.165, 1.54) is 16.7 Å². The van der Waals surface area contributed by atoms with Gasteiger partial charge in [0.2, 0.25) is 0 Å². The lowest BCUT2D eigenvalue weighted by Gasteiger charge is -2.16. The molecule has 1 atom stereocenters. The number of rotatable bonds is 5. The lowest BCUT2D eigenvalue weighted by Crippen LogP contribution is -2.09. The molecule has 1 unspecified atom stereocenters. The van der Waals surface area contributed by atoms with Crippen LogP contribution in [-0.2, 0) is 6.42 Å². The van der Waals surface area contributed by atoms with Crippen molar-refractivity contribution >= 4 is 0 Å².